The lowest BCUT2D eigenvalue weighted by molar-refractivity contribution is -0.117. The molecule has 1 heterocycles. The van der Waals surface area contributed by atoms with Gasteiger partial charge in [0.05, 0.1) is 5.39 Å². The molecular formula is C19H17BrN4O3. The minimum absolute atomic E-state index is 0.0972. The highest BCUT2D eigenvalue weighted by molar-refractivity contribution is 9.10. The van der Waals surface area contributed by atoms with Crippen molar-refractivity contribution < 1.29 is 9.59 Å². The molecule has 2 N–H and O–H groups in total. The van der Waals surface area contributed by atoms with Gasteiger partial charge < -0.3 is 10.6 Å². The molecule has 0 saturated heterocycles. The van der Waals surface area contributed by atoms with E-state index in [9.17, 15) is 14.4 Å². The van der Waals surface area contributed by atoms with E-state index in [0.717, 1.165) is 14.7 Å². The molecule has 27 heavy (non-hydrogen) atoms. The highest BCUT2D eigenvalue weighted by Gasteiger charge is 2.17. The van der Waals surface area contributed by atoms with Crippen LogP contribution >= 0.6 is 15.9 Å². The quantitative estimate of drug-likeness (QED) is 0.667. The van der Waals surface area contributed by atoms with Gasteiger partial charge in [-0.3, -0.25) is 14.4 Å². The van der Waals surface area contributed by atoms with E-state index in [4.69, 9.17) is 0 Å². The van der Waals surface area contributed by atoms with Crippen LogP contribution in [-0.4, -0.2) is 28.6 Å². The van der Waals surface area contributed by atoms with Gasteiger partial charge in [0.1, 0.15) is 6.54 Å². The maximum absolute atomic E-state index is 12.7. The van der Waals surface area contributed by atoms with Crippen LogP contribution in [0, 0.1) is 6.92 Å². The van der Waals surface area contributed by atoms with E-state index < -0.39 is 17.4 Å². The maximum atomic E-state index is 12.7. The van der Waals surface area contributed by atoms with Gasteiger partial charge in [0.2, 0.25) is 5.91 Å². The van der Waals surface area contributed by atoms with Crippen molar-refractivity contribution in [3.05, 3.63) is 68.5 Å². The van der Waals surface area contributed by atoms with Crippen molar-refractivity contribution in [2.75, 3.05) is 12.4 Å². The summed E-state index contributed by atoms with van der Waals surface area (Å²) in [5.41, 5.74) is 1.25. The fourth-order valence-corrected chi connectivity index (χ4v) is 2.93. The summed E-state index contributed by atoms with van der Waals surface area (Å²) in [6, 6.07) is 12.1. The van der Waals surface area contributed by atoms with Gasteiger partial charge in [-0.25, -0.2) is 4.68 Å². The molecule has 2 aromatic carbocycles. The molecular weight excluding hydrogens is 412 g/mol. The van der Waals surface area contributed by atoms with Crippen molar-refractivity contribution in [1.82, 2.24) is 15.1 Å². The average molecular weight is 429 g/mol. The molecule has 0 unspecified atom stereocenters. The van der Waals surface area contributed by atoms with Crippen LogP contribution < -0.4 is 16.2 Å². The van der Waals surface area contributed by atoms with Crippen LogP contribution in [0.2, 0.25) is 0 Å². The summed E-state index contributed by atoms with van der Waals surface area (Å²) in [5, 5.41) is 10.1. The molecule has 0 fully saturated rings. The Bertz CT molecular complexity index is 1110. The Morgan fingerprint density at radius 3 is 2.52 bits per heavy atom. The third kappa shape index (κ3) is 3.90. The highest BCUT2D eigenvalue weighted by atomic mass is 79.9. The topological polar surface area (TPSA) is 93.1 Å². The minimum atomic E-state index is -0.430. The smallest absolute Gasteiger partial charge is 0.275 e. The molecule has 0 atom stereocenters. The number of benzene rings is 2. The van der Waals surface area contributed by atoms with Gasteiger partial charge >= 0.3 is 0 Å². The van der Waals surface area contributed by atoms with E-state index in [2.05, 4.69) is 31.7 Å². The third-order valence-corrected chi connectivity index (χ3v) is 4.93. The van der Waals surface area contributed by atoms with Crippen molar-refractivity contribution >= 4 is 44.2 Å². The molecule has 0 aliphatic carbocycles. The first-order valence-electron chi connectivity index (χ1n) is 8.18. The van der Waals surface area contributed by atoms with Gasteiger partial charge in [0, 0.05) is 22.6 Å². The molecule has 8 heteroatoms. The van der Waals surface area contributed by atoms with Gasteiger partial charge in [-0.05, 0) is 36.8 Å². The standard InChI is InChI=1S/C19H17BrN4O3/c1-11-9-12(7-8-15(11)20)22-16(25)10-24-19(27)14-6-4-3-5-13(14)17(23-24)18(26)21-2/h3-9H,10H2,1-2H3,(H,21,26)(H,22,25). The number of amides is 2. The predicted molar refractivity (Wildman–Crippen MR) is 107 cm³/mol. The monoisotopic (exact) mass is 428 g/mol. The van der Waals surface area contributed by atoms with Gasteiger partial charge in [0.25, 0.3) is 11.5 Å². The first kappa shape index (κ1) is 18.8. The number of halogens is 1. The second-order valence-electron chi connectivity index (χ2n) is 5.95. The number of fused-ring (bicyclic) bond motifs is 1. The first-order chi connectivity index (χ1) is 12.9. The Kier molecular flexibility index (Phi) is 5.36. The molecule has 0 radical (unpaired) electrons. The SMILES string of the molecule is CNC(=O)c1nn(CC(=O)Nc2ccc(Br)c(C)c2)c(=O)c2ccccc12. The van der Waals surface area contributed by atoms with Crippen LogP contribution in [-0.2, 0) is 11.3 Å². The normalized spacial score (nSPS) is 10.6. The predicted octanol–water partition coefficient (Wildman–Crippen LogP) is 2.47. The van der Waals surface area contributed by atoms with E-state index >= 15 is 0 Å². The molecule has 0 aliphatic heterocycles. The number of nitrogens with one attached hydrogen (secondary N) is 2. The Labute approximate surface area is 163 Å². The van der Waals surface area contributed by atoms with Crippen LogP contribution in [0.4, 0.5) is 5.69 Å². The van der Waals surface area contributed by atoms with E-state index in [1.54, 1.807) is 30.3 Å². The molecule has 1 aromatic heterocycles. The summed E-state index contributed by atoms with van der Waals surface area (Å²) in [4.78, 5) is 37.2. The number of hydrogen-bond donors (Lipinski definition) is 2. The number of carbonyl (C=O) groups excluding carboxylic acids is 2. The largest absolute Gasteiger partial charge is 0.354 e. The van der Waals surface area contributed by atoms with E-state index in [1.165, 1.54) is 7.05 Å². The summed E-state index contributed by atoms with van der Waals surface area (Å²) in [5.74, 6) is -0.839. The van der Waals surface area contributed by atoms with Crippen LogP contribution in [0.3, 0.4) is 0 Å². The minimum Gasteiger partial charge on any atom is -0.354 e. The van der Waals surface area contributed by atoms with E-state index in [1.807, 2.05) is 19.1 Å². The molecule has 3 rings (SSSR count). The second kappa shape index (κ2) is 7.71. The molecule has 7 nitrogen and oxygen atoms in total. The van der Waals surface area contributed by atoms with E-state index in [0.29, 0.717) is 16.5 Å². The summed E-state index contributed by atoms with van der Waals surface area (Å²) < 4.78 is 1.94. The van der Waals surface area contributed by atoms with Crippen LogP contribution in [0.1, 0.15) is 16.1 Å². The van der Waals surface area contributed by atoms with Crippen molar-refractivity contribution in [2.24, 2.45) is 0 Å². The number of aromatic nitrogens is 2. The Balaban J connectivity index is 1.95. The number of carbonyl (C=O) groups is 2. The molecule has 0 spiro atoms. The van der Waals surface area contributed by atoms with Gasteiger partial charge in [-0.15, -0.1) is 0 Å². The maximum Gasteiger partial charge on any atom is 0.275 e. The van der Waals surface area contributed by atoms with Gasteiger partial charge in [-0.2, -0.15) is 5.10 Å². The summed E-state index contributed by atoms with van der Waals surface area (Å²) in [6.45, 7) is 1.60. The molecule has 0 bridgehead atoms. The summed E-state index contributed by atoms with van der Waals surface area (Å²) in [6.07, 6.45) is 0. The molecule has 3 aromatic rings. The molecule has 0 saturated carbocycles. The number of nitrogens with zero attached hydrogens (tertiary/aromatic N) is 2. The Hall–Kier alpha value is -3.00. The van der Waals surface area contributed by atoms with Crippen molar-refractivity contribution in [1.29, 1.82) is 0 Å². The first-order valence-corrected chi connectivity index (χ1v) is 8.98. The zero-order valence-corrected chi connectivity index (χ0v) is 16.3. The lowest BCUT2D eigenvalue weighted by atomic mass is 10.1. The Morgan fingerprint density at radius 2 is 1.85 bits per heavy atom. The second-order valence-corrected chi connectivity index (χ2v) is 6.80. The van der Waals surface area contributed by atoms with Gasteiger partial charge in [0.15, 0.2) is 5.69 Å². The zero-order valence-electron chi connectivity index (χ0n) is 14.7. The molecule has 2 amide bonds. The van der Waals surface area contributed by atoms with Crippen molar-refractivity contribution in [3.63, 3.8) is 0 Å². The number of anilines is 1. The number of aryl methyl sites for hydroxylation is 1. The Morgan fingerprint density at radius 1 is 1.15 bits per heavy atom. The zero-order chi connectivity index (χ0) is 19.6. The fraction of sp³-hybridized carbons (Fsp3) is 0.158. The van der Waals surface area contributed by atoms with E-state index in [-0.39, 0.29) is 12.2 Å². The fourth-order valence-electron chi connectivity index (χ4n) is 2.69. The number of rotatable bonds is 4. The molecule has 0 aliphatic rings. The van der Waals surface area contributed by atoms with Crippen LogP contribution in [0.5, 0.6) is 0 Å². The third-order valence-electron chi connectivity index (χ3n) is 4.04. The van der Waals surface area contributed by atoms with Crippen molar-refractivity contribution in [3.8, 4) is 0 Å². The van der Waals surface area contributed by atoms with Gasteiger partial charge in [-0.1, -0.05) is 34.1 Å². The molecule has 138 valence electrons. The van der Waals surface area contributed by atoms with Crippen LogP contribution in [0.25, 0.3) is 10.8 Å². The van der Waals surface area contributed by atoms with Crippen LogP contribution in [0.15, 0.2) is 51.7 Å². The lowest BCUT2D eigenvalue weighted by Crippen LogP contribution is -2.33. The lowest BCUT2D eigenvalue weighted by Gasteiger charge is -2.11. The summed E-state index contributed by atoms with van der Waals surface area (Å²) >= 11 is 3.40. The summed E-state index contributed by atoms with van der Waals surface area (Å²) in [7, 11) is 1.48. The van der Waals surface area contributed by atoms with Crippen molar-refractivity contribution in [2.45, 2.75) is 13.5 Å². The highest BCUT2D eigenvalue weighted by Crippen LogP contribution is 2.20. The number of hydrogen-bond acceptors (Lipinski definition) is 4. The average Bonchev–Trinajstić information content (AvgIpc) is 2.66.